The summed E-state index contributed by atoms with van der Waals surface area (Å²) >= 11 is 0. The number of ketones is 1. The molecule has 1 aliphatic heterocycles. The van der Waals surface area contributed by atoms with Crippen LogP contribution in [0, 0.1) is 11.8 Å². The number of carbonyl (C=O) groups excluding carboxylic acids is 1. The van der Waals surface area contributed by atoms with Gasteiger partial charge in [-0.15, -0.1) is 0 Å². The summed E-state index contributed by atoms with van der Waals surface area (Å²) in [6.45, 7) is 4.67. The highest BCUT2D eigenvalue weighted by molar-refractivity contribution is 5.82. The van der Waals surface area contributed by atoms with Crippen molar-refractivity contribution in [3.63, 3.8) is 0 Å². The quantitative estimate of drug-likeness (QED) is 0.818. The molecule has 2 rings (SSSR count). The molecular weight excluding hydrogens is 226 g/mol. The highest BCUT2D eigenvalue weighted by Gasteiger charge is 2.26. The molecule has 0 unspecified atom stereocenters. The number of hydrogen-bond donors (Lipinski definition) is 1. The van der Waals surface area contributed by atoms with Crippen LogP contribution in [0.2, 0.25) is 0 Å². The number of carbonyl (C=O) groups is 1. The highest BCUT2D eigenvalue weighted by Crippen LogP contribution is 2.31. The van der Waals surface area contributed by atoms with E-state index in [1.54, 1.807) is 0 Å². The maximum Gasteiger partial charge on any atom is 0.161 e. The smallest absolute Gasteiger partial charge is 0.161 e. The van der Waals surface area contributed by atoms with Crippen LogP contribution >= 0.6 is 0 Å². The maximum absolute atomic E-state index is 12.1. The van der Waals surface area contributed by atoms with E-state index in [0.717, 1.165) is 44.7 Å². The molecule has 0 spiro atoms. The van der Waals surface area contributed by atoms with Crippen LogP contribution in [0.4, 0.5) is 0 Å². The summed E-state index contributed by atoms with van der Waals surface area (Å²) in [5, 5.41) is 3.31. The first kappa shape index (κ1) is 14.0. The van der Waals surface area contributed by atoms with Gasteiger partial charge < -0.3 is 10.1 Å². The zero-order chi connectivity index (χ0) is 12.8. The number of hydrogen-bond acceptors (Lipinski definition) is 3. The van der Waals surface area contributed by atoms with Crippen LogP contribution < -0.4 is 5.32 Å². The molecule has 2 aliphatic rings. The topological polar surface area (TPSA) is 38.3 Å². The van der Waals surface area contributed by atoms with Gasteiger partial charge in [0, 0.05) is 5.92 Å². The second-order valence-corrected chi connectivity index (χ2v) is 5.85. The minimum atomic E-state index is 0.287. The molecule has 18 heavy (non-hydrogen) atoms. The first-order chi connectivity index (χ1) is 8.79. The molecule has 0 bridgehead atoms. The summed E-state index contributed by atoms with van der Waals surface area (Å²) in [5.41, 5.74) is 0. The van der Waals surface area contributed by atoms with Crippen LogP contribution in [0.15, 0.2) is 0 Å². The molecule has 104 valence electrons. The van der Waals surface area contributed by atoms with Crippen molar-refractivity contribution < 1.29 is 9.53 Å². The summed E-state index contributed by atoms with van der Waals surface area (Å²) in [6.07, 6.45) is 8.33. The molecule has 1 heterocycles. The lowest BCUT2D eigenvalue weighted by Gasteiger charge is -2.28. The highest BCUT2D eigenvalue weighted by atomic mass is 16.5. The first-order valence-corrected chi connectivity index (χ1v) is 7.64. The van der Waals surface area contributed by atoms with Gasteiger partial charge in [-0.2, -0.15) is 0 Å². The third kappa shape index (κ3) is 4.06. The lowest BCUT2D eigenvalue weighted by Crippen LogP contribution is -2.34. The average molecular weight is 253 g/mol. The third-order valence-corrected chi connectivity index (χ3v) is 4.63. The summed E-state index contributed by atoms with van der Waals surface area (Å²) in [6, 6.07) is 0. The van der Waals surface area contributed by atoms with Crippen molar-refractivity contribution >= 4 is 5.78 Å². The van der Waals surface area contributed by atoms with E-state index in [1.165, 1.54) is 19.3 Å². The van der Waals surface area contributed by atoms with Gasteiger partial charge in [0.2, 0.25) is 0 Å². The molecule has 0 aromatic carbocycles. The van der Waals surface area contributed by atoms with Gasteiger partial charge in [-0.1, -0.05) is 13.3 Å². The molecule has 0 aromatic rings. The fraction of sp³-hybridized carbons (Fsp3) is 0.933. The molecule has 0 radical (unpaired) electrons. The van der Waals surface area contributed by atoms with Crippen LogP contribution in [0.1, 0.15) is 51.9 Å². The zero-order valence-corrected chi connectivity index (χ0v) is 11.6. The Bertz CT molecular complexity index is 253. The Hall–Kier alpha value is -0.410. The van der Waals surface area contributed by atoms with E-state index < -0.39 is 0 Å². The van der Waals surface area contributed by atoms with Gasteiger partial charge in [0.25, 0.3) is 0 Å². The molecular formula is C15H27NO2. The predicted octanol–water partition coefficient (Wildman–Crippen LogP) is 2.54. The molecule has 0 atom stereocenters. The molecule has 0 amide bonds. The van der Waals surface area contributed by atoms with Crippen molar-refractivity contribution in [3.8, 4) is 0 Å². The molecule has 0 aromatic heterocycles. The predicted molar refractivity (Wildman–Crippen MR) is 72.6 cm³/mol. The Labute approximate surface area is 111 Å². The van der Waals surface area contributed by atoms with Gasteiger partial charge in [-0.25, -0.2) is 0 Å². The van der Waals surface area contributed by atoms with Crippen molar-refractivity contribution in [3.05, 3.63) is 0 Å². The Kier molecular flexibility index (Phi) is 5.64. The minimum Gasteiger partial charge on any atom is -0.370 e. The van der Waals surface area contributed by atoms with Crippen LogP contribution in [-0.2, 0) is 9.53 Å². The van der Waals surface area contributed by atoms with E-state index in [2.05, 4.69) is 12.2 Å². The van der Waals surface area contributed by atoms with Gasteiger partial charge in [-0.05, 0) is 57.5 Å². The van der Waals surface area contributed by atoms with Crippen molar-refractivity contribution in [2.24, 2.45) is 11.8 Å². The van der Waals surface area contributed by atoms with E-state index in [1.807, 2.05) is 0 Å². The first-order valence-electron chi connectivity index (χ1n) is 7.64. The fourth-order valence-electron chi connectivity index (χ4n) is 3.17. The Morgan fingerprint density at radius 2 is 1.78 bits per heavy atom. The Balaban J connectivity index is 1.65. The fourth-order valence-corrected chi connectivity index (χ4v) is 3.17. The van der Waals surface area contributed by atoms with Crippen LogP contribution in [0.25, 0.3) is 0 Å². The molecule has 1 saturated heterocycles. The van der Waals surface area contributed by atoms with Gasteiger partial charge in [0.1, 0.15) is 6.61 Å². The zero-order valence-electron chi connectivity index (χ0n) is 11.6. The van der Waals surface area contributed by atoms with Crippen molar-refractivity contribution in [2.75, 3.05) is 19.7 Å². The lowest BCUT2D eigenvalue weighted by atomic mass is 9.79. The largest absolute Gasteiger partial charge is 0.370 e. The number of ether oxygens (including phenoxy) is 1. The van der Waals surface area contributed by atoms with Crippen molar-refractivity contribution in [2.45, 2.75) is 58.0 Å². The summed E-state index contributed by atoms with van der Waals surface area (Å²) < 4.78 is 5.76. The average Bonchev–Trinajstić information content (AvgIpc) is 2.46. The van der Waals surface area contributed by atoms with Crippen LogP contribution in [0.5, 0.6) is 0 Å². The number of piperidine rings is 1. The Morgan fingerprint density at radius 1 is 1.11 bits per heavy atom. The summed E-state index contributed by atoms with van der Waals surface area (Å²) in [7, 11) is 0. The standard InChI is InChI=1S/C15H27NO2/c1-2-12-3-5-13(6-4-12)15(17)11-18-14-7-9-16-10-8-14/h12-14,16H,2-11H2,1H3. The third-order valence-electron chi connectivity index (χ3n) is 4.63. The van der Waals surface area contributed by atoms with Gasteiger partial charge in [-0.3, -0.25) is 4.79 Å². The van der Waals surface area contributed by atoms with Gasteiger partial charge in [0.05, 0.1) is 6.10 Å². The maximum atomic E-state index is 12.1. The molecule has 1 N–H and O–H groups in total. The molecule has 2 fully saturated rings. The number of Topliss-reactive ketones (excluding diaryl/α,β-unsaturated/α-hetero) is 1. The number of nitrogens with one attached hydrogen (secondary N) is 1. The monoisotopic (exact) mass is 253 g/mol. The van der Waals surface area contributed by atoms with Gasteiger partial charge in [0.15, 0.2) is 5.78 Å². The van der Waals surface area contributed by atoms with E-state index in [0.29, 0.717) is 18.5 Å². The van der Waals surface area contributed by atoms with Crippen LogP contribution in [-0.4, -0.2) is 31.6 Å². The number of rotatable bonds is 5. The van der Waals surface area contributed by atoms with Crippen LogP contribution in [0.3, 0.4) is 0 Å². The Morgan fingerprint density at radius 3 is 2.39 bits per heavy atom. The molecule has 1 saturated carbocycles. The van der Waals surface area contributed by atoms with E-state index in [9.17, 15) is 4.79 Å². The normalized spacial score (nSPS) is 30.3. The van der Waals surface area contributed by atoms with Crippen molar-refractivity contribution in [1.82, 2.24) is 5.32 Å². The second-order valence-electron chi connectivity index (χ2n) is 5.85. The SMILES string of the molecule is CCC1CCC(C(=O)COC2CCNCC2)CC1. The molecule has 1 aliphatic carbocycles. The molecule has 3 nitrogen and oxygen atoms in total. The summed E-state index contributed by atoms with van der Waals surface area (Å²) in [5.74, 6) is 1.50. The lowest BCUT2D eigenvalue weighted by molar-refractivity contribution is -0.131. The minimum absolute atomic E-state index is 0.287. The second kappa shape index (κ2) is 7.25. The van der Waals surface area contributed by atoms with E-state index in [4.69, 9.17) is 4.74 Å². The summed E-state index contributed by atoms with van der Waals surface area (Å²) in [4.78, 5) is 12.1. The van der Waals surface area contributed by atoms with Gasteiger partial charge >= 0.3 is 0 Å². The van der Waals surface area contributed by atoms with Crippen molar-refractivity contribution in [1.29, 1.82) is 0 Å². The molecule has 3 heteroatoms. The van der Waals surface area contributed by atoms with E-state index in [-0.39, 0.29) is 5.92 Å². The van der Waals surface area contributed by atoms with E-state index >= 15 is 0 Å².